The zero-order chi connectivity index (χ0) is 15.2. The Morgan fingerprint density at radius 2 is 1.86 bits per heavy atom. The van der Waals surface area contributed by atoms with Gasteiger partial charge in [-0.15, -0.1) is 0 Å². The Balaban J connectivity index is 1.81. The summed E-state index contributed by atoms with van der Waals surface area (Å²) >= 11 is 8.10. The number of likely N-dealkylation sites (tertiary alicyclic amines) is 1. The Kier molecular flexibility index (Phi) is 4.42. The fourth-order valence-electron chi connectivity index (χ4n) is 3.17. The van der Waals surface area contributed by atoms with E-state index < -0.39 is 9.84 Å². The van der Waals surface area contributed by atoms with Crippen LogP contribution in [-0.4, -0.2) is 37.7 Å². The summed E-state index contributed by atoms with van der Waals surface area (Å²) in [5.41, 5.74) is 6.30. The van der Waals surface area contributed by atoms with E-state index in [2.05, 4.69) is 4.90 Å². The van der Waals surface area contributed by atoms with E-state index in [4.69, 9.17) is 17.3 Å². The number of nitrogens with two attached hydrogens (primary N) is 1. The largest absolute Gasteiger partial charge is 0.398 e. The van der Waals surface area contributed by atoms with Crippen LogP contribution in [-0.2, 0) is 9.84 Å². The number of hydrogen-bond donors (Lipinski definition) is 1. The number of nitrogen functional groups attached to an aromatic ring is 1. The molecule has 3 rings (SSSR count). The number of hydrogen-bond acceptors (Lipinski definition) is 4. The van der Waals surface area contributed by atoms with Gasteiger partial charge in [0, 0.05) is 11.7 Å². The van der Waals surface area contributed by atoms with E-state index in [0.717, 1.165) is 13.1 Å². The number of benzene rings is 1. The molecule has 4 nitrogen and oxygen atoms in total. The van der Waals surface area contributed by atoms with Gasteiger partial charge in [0.1, 0.15) is 4.90 Å². The van der Waals surface area contributed by atoms with Crippen molar-refractivity contribution in [3.05, 3.63) is 20.7 Å². The summed E-state index contributed by atoms with van der Waals surface area (Å²) in [7, 11) is -3.39. The first-order chi connectivity index (χ1) is 9.91. The van der Waals surface area contributed by atoms with Gasteiger partial charge in [-0.05, 0) is 73.5 Å². The van der Waals surface area contributed by atoms with E-state index >= 15 is 0 Å². The molecule has 2 aliphatic rings. The molecule has 116 valence electrons. The van der Waals surface area contributed by atoms with Crippen molar-refractivity contribution in [3.8, 4) is 0 Å². The Hall–Kier alpha value is -0.0500. The minimum absolute atomic E-state index is 0.217. The maximum Gasteiger partial charge on any atom is 0.183 e. The van der Waals surface area contributed by atoms with Crippen molar-refractivity contribution in [2.45, 2.75) is 41.9 Å². The van der Waals surface area contributed by atoms with Crippen molar-refractivity contribution in [1.82, 2.24) is 4.90 Å². The zero-order valence-corrected chi connectivity index (χ0v) is 15.3. The average molecular weight is 441 g/mol. The summed E-state index contributed by atoms with van der Waals surface area (Å²) in [5.74, 6) is 0. The van der Waals surface area contributed by atoms with Gasteiger partial charge in [0.2, 0.25) is 0 Å². The fraction of sp³-hybridized carbons (Fsp3) is 0.571. The van der Waals surface area contributed by atoms with Crippen LogP contribution in [0.15, 0.2) is 17.0 Å². The molecule has 0 atom stereocenters. The Morgan fingerprint density at radius 1 is 1.24 bits per heavy atom. The molecule has 21 heavy (non-hydrogen) atoms. The second kappa shape index (κ2) is 5.86. The van der Waals surface area contributed by atoms with Crippen LogP contribution in [0.3, 0.4) is 0 Å². The quantitative estimate of drug-likeness (QED) is 0.580. The summed E-state index contributed by atoms with van der Waals surface area (Å²) in [5, 5.41) is -0.0471. The van der Waals surface area contributed by atoms with Crippen molar-refractivity contribution in [2.24, 2.45) is 0 Å². The first-order valence-electron chi connectivity index (χ1n) is 7.12. The second-order valence-electron chi connectivity index (χ2n) is 5.82. The smallest absolute Gasteiger partial charge is 0.183 e. The lowest BCUT2D eigenvalue weighted by Gasteiger charge is -2.40. The van der Waals surface area contributed by atoms with Crippen LogP contribution in [0, 0.1) is 3.57 Å². The summed E-state index contributed by atoms with van der Waals surface area (Å²) in [6.07, 6.45) is 3.88. The van der Waals surface area contributed by atoms with E-state index in [1.807, 2.05) is 22.6 Å². The van der Waals surface area contributed by atoms with E-state index in [-0.39, 0.29) is 15.2 Å². The summed E-state index contributed by atoms with van der Waals surface area (Å²) in [4.78, 5) is 2.63. The minimum atomic E-state index is -3.39. The molecule has 0 spiro atoms. The SMILES string of the molecule is Nc1ccc(Cl)c(S(=O)(=O)C2CC(N3CCCC3)C2)c1I. The van der Waals surface area contributed by atoms with E-state index in [0.29, 0.717) is 28.1 Å². The van der Waals surface area contributed by atoms with Gasteiger partial charge < -0.3 is 10.6 Å². The molecule has 0 radical (unpaired) electrons. The number of rotatable bonds is 3. The summed E-state index contributed by atoms with van der Waals surface area (Å²) < 4.78 is 26.2. The monoisotopic (exact) mass is 440 g/mol. The highest BCUT2D eigenvalue weighted by atomic mass is 127. The highest BCUT2D eigenvalue weighted by Crippen LogP contribution is 2.40. The van der Waals surface area contributed by atoms with Crippen LogP contribution in [0.4, 0.5) is 5.69 Å². The van der Waals surface area contributed by atoms with Crippen molar-refractivity contribution < 1.29 is 8.42 Å². The number of sulfone groups is 1. The normalized spacial score (nSPS) is 26.8. The molecule has 1 saturated heterocycles. The van der Waals surface area contributed by atoms with Gasteiger partial charge in [-0.3, -0.25) is 0 Å². The molecule has 0 unspecified atom stereocenters. The zero-order valence-electron chi connectivity index (χ0n) is 11.6. The van der Waals surface area contributed by atoms with Crippen molar-refractivity contribution in [3.63, 3.8) is 0 Å². The first-order valence-corrected chi connectivity index (χ1v) is 10.1. The van der Waals surface area contributed by atoms with E-state index in [1.165, 1.54) is 12.8 Å². The molecule has 1 aliphatic carbocycles. The lowest BCUT2D eigenvalue weighted by Crippen LogP contribution is -2.49. The minimum Gasteiger partial charge on any atom is -0.398 e. The maximum atomic E-state index is 12.8. The molecule has 7 heteroatoms. The number of nitrogens with zero attached hydrogens (tertiary/aromatic N) is 1. The predicted octanol–water partition coefficient (Wildman–Crippen LogP) is 2.93. The molecule has 1 aliphatic heterocycles. The third-order valence-electron chi connectivity index (χ3n) is 4.53. The van der Waals surface area contributed by atoms with Crippen LogP contribution in [0.2, 0.25) is 5.02 Å². The molecule has 2 fully saturated rings. The predicted molar refractivity (Wildman–Crippen MR) is 93.4 cm³/mol. The van der Waals surface area contributed by atoms with Gasteiger partial charge in [0.25, 0.3) is 0 Å². The molecular formula is C14H18ClIN2O2S. The average Bonchev–Trinajstić information content (AvgIpc) is 2.85. The lowest BCUT2D eigenvalue weighted by atomic mass is 9.91. The Morgan fingerprint density at radius 3 is 2.48 bits per heavy atom. The lowest BCUT2D eigenvalue weighted by molar-refractivity contribution is 0.161. The van der Waals surface area contributed by atoms with Crippen LogP contribution in [0.5, 0.6) is 0 Å². The topological polar surface area (TPSA) is 63.4 Å². The number of anilines is 1. The third-order valence-corrected chi connectivity index (χ3v) is 8.74. The standard InChI is InChI=1S/C14H18ClIN2O2S/c15-11-3-4-12(17)13(16)14(11)21(19,20)10-7-9(8-10)18-5-1-2-6-18/h3-4,9-10H,1-2,5-8,17H2. The molecule has 1 saturated carbocycles. The van der Waals surface area contributed by atoms with Crippen LogP contribution < -0.4 is 5.73 Å². The van der Waals surface area contributed by atoms with Gasteiger partial charge in [0.15, 0.2) is 9.84 Å². The molecule has 0 amide bonds. The van der Waals surface area contributed by atoms with Crippen LogP contribution in [0.1, 0.15) is 25.7 Å². The molecular weight excluding hydrogens is 423 g/mol. The molecule has 1 aromatic rings. The van der Waals surface area contributed by atoms with Gasteiger partial charge in [0.05, 0.1) is 13.8 Å². The van der Waals surface area contributed by atoms with Gasteiger partial charge in [-0.25, -0.2) is 8.42 Å². The molecule has 1 aromatic carbocycles. The van der Waals surface area contributed by atoms with Crippen molar-refractivity contribution in [2.75, 3.05) is 18.8 Å². The van der Waals surface area contributed by atoms with Crippen molar-refractivity contribution >= 4 is 49.7 Å². The van der Waals surface area contributed by atoms with Crippen LogP contribution >= 0.6 is 34.2 Å². The highest BCUT2D eigenvalue weighted by Gasteiger charge is 2.44. The van der Waals surface area contributed by atoms with Gasteiger partial charge >= 0.3 is 0 Å². The molecule has 1 heterocycles. The first kappa shape index (κ1) is 15.8. The van der Waals surface area contributed by atoms with E-state index in [9.17, 15) is 8.42 Å². The fourth-order valence-corrected chi connectivity index (χ4v) is 7.19. The second-order valence-corrected chi connectivity index (χ2v) is 9.47. The number of halogens is 2. The molecule has 0 aromatic heterocycles. The Bertz CT molecular complexity index is 653. The van der Waals surface area contributed by atoms with E-state index in [1.54, 1.807) is 12.1 Å². The van der Waals surface area contributed by atoms with Crippen molar-refractivity contribution in [1.29, 1.82) is 0 Å². The Labute approximate surface area is 144 Å². The van der Waals surface area contributed by atoms with Crippen LogP contribution in [0.25, 0.3) is 0 Å². The van der Waals surface area contributed by atoms with Gasteiger partial charge in [-0.1, -0.05) is 11.6 Å². The highest BCUT2D eigenvalue weighted by molar-refractivity contribution is 14.1. The van der Waals surface area contributed by atoms with Gasteiger partial charge in [-0.2, -0.15) is 0 Å². The third kappa shape index (κ3) is 2.80. The molecule has 0 bridgehead atoms. The maximum absolute atomic E-state index is 12.8. The summed E-state index contributed by atoms with van der Waals surface area (Å²) in [6.45, 7) is 2.21. The molecule has 2 N–H and O–H groups in total. The summed E-state index contributed by atoms with van der Waals surface area (Å²) in [6, 6.07) is 3.64.